The maximum Gasteiger partial charge on any atom is 0.147 e. The number of rotatable bonds is 1. The molecule has 11 heavy (non-hydrogen) atoms. The summed E-state index contributed by atoms with van der Waals surface area (Å²) in [4.78, 5) is 7.88. The number of hydrogen-bond donors (Lipinski definition) is 0. The molecular weight excluding hydrogens is 138 g/mol. The molecule has 56 valence electrons. The lowest BCUT2D eigenvalue weighted by atomic mass is 10.1. The highest BCUT2D eigenvalue weighted by Gasteiger charge is 2.02. The summed E-state index contributed by atoms with van der Waals surface area (Å²) >= 11 is 0. The summed E-state index contributed by atoms with van der Waals surface area (Å²) in [6.07, 6.45) is 2.29. The molecule has 0 bridgehead atoms. The average Bonchev–Trinajstić information content (AvgIpc) is 2.05. The molecule has 1 aromatic heterocycles. The van der Waals surface area contributed by atoms with Crippen LogP contribution in [0.4, 0.5) is 0 Å². The molecule has 0 amide bonds. The van der Waals surface area contributed by atoms with E-state index in [0.29, 0.717) is 5.69 Å². The molecule has 0 N–H and O–H groups in total. The minimum atomic E-state index is 0.483. The van der Waals surface area contributed by atoms with Crippen molar-refractivity contribution in [3.63, 3.8) is 0 Å². The molecule has 0 unspecified atom stereocenters. The molecule has 0 aliphatic carbocycles. The third kappa shape index (κ3) is 1.35. The summed E-state index contributed by atoms with van der Waals surface area (Å²) < 4.78 is 0. The van der Waals surface area contributed by atoms with Gasteiger partial charge in [0.05, 0.1) is 0 Å². The van der Waals surface area contributed by atoms with Gasteiger partial charge in [-0.1, -0.05) is 6.92 Å². The number of nitriles is 1. The first-order valence-corrected chi connectivity index (χ1v) is 3.50. The summed E-state index contributed by atoms with van der Waals surface area (Å²) in [7, 11) is 0. The van der Waals surface area contributed by atoms with Gasteiger partial charge >= 0.3 is 0 Å². The van der Waals surface area contributed by atoms with E-state index in [9.17, 15) is 0 Å². The SMILES string of the molecule is CCc1ncnc(C#N)c1C. The number of hydrogen-bond acceptors (Lipinski definition) is 3. The zero-order valence-corrected chi connectivity index (χ0v) is 6.63. The molecule has 0 aliphatic heterocycles. The zero-order chi connectivity index (χ0) is 8.27. The van der Waals surface area contributed by atoms with Gasteiger partial charge in [0.15, 0.2) is 0 Å². The highest BCUT2D eigenvalue weighted by molar-refractivity contribution is 5.32. The van der Waals surface area contributed by atoms with Crippen molar-refractivity contribution in [2.24, 2.45) is 0 Å². The van der Waals surface area contributed by atoms with Crippen molar-refractivity contribution in [2.45, 2.75) is 20.3 Å². The van der Waals surface area contributed by atoms with E-state index in [4.69, 9.17) is 5.26 Å². The number of nitrogens with zero attached hydrogens (tertiary/aromatic N) is 3. The van der Waals surface area contributed by atoms with E-state index in [1.54, 1.807) is 0 Å². The summed E-state index contributed by atoms with van der Waals surface area (Å²) in [6, 6.07) is 2.02. The Morgan fingerprint density at radius 2 is 2.27 bits per heavy atom. The van der Waals surface area contributed by atoms with Crippen molar-refractivity contribution in [3.8, 4) is 6.07 Å². The summed E-state index contributed by atoms with van der Waals surface area (Å²) in [5, 5.41) is 8.60. The van der Waals surface area contributed by atoms with E-state index >= 15 is 0 Å². The maximum absolute atomic E-state index is 8.60. The summed E-state index contributed by atoms with van der Waals surface area (Å²) in [6.45, 7) is 3.88. The Labute approximate surface area is 65.7 Å². The van der Waals surface area contributed by atoms with E-state index in [0.717, 1.165) is 17.7 Å². The van der Waals surface area contributed by atoms with Gasteiger partial charge in [-0.2, -0.15) is 5.26 Å². The third-order valence-corrected chi connectivity index (χ3v) is 1.63. The van der Waals surface area contributed by atoms with E-state index in [2.05, 4.69) is 9.97 Å². The fraction of sp³-hybridized carbons (Fsp3) is 0.375. The Morgan fingerprint density at radius 1 is 1.55 bits per heavy atom. The van der Waals surface area contributed by atoms with Crippen molar-refractivity contribution >= 4 is 0 Å². The molecule has 0 spiro atoms. The molecule has 1 aromatic rings. The average molecular weight is 147 g/mol. The largest absolute Gasteiger partial charge is 0.241 e. The Kier molecular flexibility index (Phi) is 2.17. The van der Waals surface area contributed by atoms with E-state index in [-0.39, 0.29) is 0 Å². The highest BCUT2D eigenvalue weighted by atomic mass is 14.8. The van der Waals surface area contributed by atoms with Crippen LogP contribution in [0.15, 0.2) is 6.33 Å². The van der Waals surface area contributed by atoms with Crippen LogP contribution < -0.4 is 0 Å². The van der Waals surface area contributed by atoms with Gasteiger partial charge in [0.25, 0.3) is 0 Å². The van der Waals surface area contributed by atoms with Gasteiger partial charge in [-0.05, 0) is 13.3 Å². The molecule has 0 aliphatic rings. The predicted molar refractivity (Wildman–Crippen MR) is 40.9 cm³/mol. The Morgan fingerprint density at radius 3 is 2.82 bits per heavy atom. The van der Waals surface area contributed by atoms with Gasteiger partial charge in [-0.25, -0.2) is 9.97 Å². The molecule has 0 fully saturated rings. The molecule has 0 saturated heterocycles. The van der Waals surface area contributed by atoms with E-state index in [1.165, 1.54) is 6.33 Å². The molecule has 0 atom stereocenters. The van der Waals surface area contributed by atoms with Crippen LogP contribution in [-0.2, 0) is 6.42 Å². The minimum Gasteiger partial charge on any atom is -0.241 e. The van der Waals surface area contributed by atoms with Crippen molar-refractivity contribution in [1.29, 1.82) is 5.26 Å². The van der Waals surface area contributed by atoms with Crippen molar-refractivity contribution < 1.29 is 0 Å². The molecule has 1 heterocycles. The van der Waals surface area contributed by atoms with E-state index < -0.39 is 0 Å². The van der Waals surface area contributed by atoms with Crippen LogP contribution in [0, 0.1) is 18.3 Å². The van der Waals surface area contributed by atoms with Gasteiger partial charge in [0.1, 0.15) is 18.1 Å². The first-order valence-electron chi connectivity index (χ1n) is 3.50. The van der Waals surface area contributed by atoms with Gasteiger partial charge in [0, 0.05) is 11.3 Å². The zero-order valence-electron chi connectivity index (χ0n) is 6.63. The van der Waals surface area contributed by atoms with Crippen molar-refractivity contribution in [2.75, 3.05) is 0 Å². The first-order chi connectivity index (χ1) is 5.29. The second kappa shape index (κ2) is 3.11. The normalized spacial score (nSPS) is 9.18. The molecule has 3 heteroatoms. The predicted octanol–water partition coefficient (Wildman–Crippen LogP) is 1.22. The first kappa shape index (κ1) is 7.67. The Hall–Kier alpha value is -1.43. The lowest BCUT2D eigenvalue weighted by Gasteiger charge is -2.00. The van der Waals surface area contributed by atoms with Crippen LogP contribution in [-0.4, -0.2) is 9.97 Å². The molecule has 1 rings (SSSR count). The maximum atomic E-state index is 8.60. The van der Waals surface area contributed by atoms with Crippen LogP contribution in [0.2, 0.25) is 0 Å². The van der Waals surface area contributed by atoms with Crippen molar-refractivity contribution in [1.82, 2.24) is 9.97 Å². The monoisotopic (exact) mass is 147 g/mol. The van der Waals surface area contributed by atoms with Crippen molar-refractivity contribution in [3.05, 3.63) is 23.3 Å². The standard InChI is InChI=1S/C8H9N3/c1-3-7-6(2)8(4-9)11-5-10-7/h5H,3H2,1-2H3. The summed E-state index contributed by atoms with van der Waals surface area (Å²) in [5.74, 6) is 0. The summed E-state index contributed by atoms with van der Waals surface area (Å²) in [5.41, 5.74) is 2.34. The lowest BCUT2D eigenvalue weighted by molar-refractivity contribution is 0.959. The van der Waals surface area contributed by atoms with Crippen LogP contribution in [0.1, 0.15) is 23.9 Å². The number of aryl methyl sites for hydroxylation is 1. The third-order valence-electron chi connectivity index (χ3n) is 1.63. The topological polar surface area (TPSA) is 49.6 Å². The van der Waals surface area contributed by atoms with Gasteiger partial charge in [-0.3, -0.25) is 0 Å². The quantitative estimate of drug-likeness (QED) is 0.600. The van der Waals surface area contributed by atoms with Crippen LogP contribution in [0.25, 0.3) is 0 Å². The minimum absolute atomic E-state index is 0.483. The fourth-order valence-electron chi connectivity index (χ4n) is 0.956. The second-order valence-corrected chi connectivity index (χ2v) is 2.26. The van der Waals surface area contributed by atoms with Gasteiger partial charge in [-0.15, -0.1) is 0 Å². The number of aromatic nitrogens is 2. The van der Waals surface area contributed by atoms with Gasteiger partial charge < -0.3 is 0 Å². The van der Waals surface area contributed by atoms with Crippen LogP contribution in [0.5, 0.6) is 0 Å². The lowest BCUT2D eigenvalue weighted by Crippen LogP contribution is -1.97. The fourth-order valence-corrected chi connectivity index (χ4v) is 0.956. The molecular formula is C8H9N3. The van der Waals surface area contributed by atoms with E-state index in [1.807, 2.05) is 19.9 Å². The van der Waals surface area contributed by atoms with Crippen LogP contribution >= 0.6 is 0 Å². The Bertz CT molecular complexity index is 299. The molecule has 0 radical (unpaired) electrons. The second-order valence-electron chi connectivity index (χ2n) is 2.26. The van der Waals surface area contributed by atoms with Gasteiger partial charge in [0.2, 0.25) is 0 Å². The van der Waals surface area contributed by atoms with Crippen LogP contribution in [0.3, 0.4) is 0 Å². The Balaban J connectivity index is 3.23. The highest BCUT2D eigenvalue weighted by Crippen LogP contribution is 2.06. The molecule has 3 nitrogen and oxygen atoms in total. The molecule has 0 aromatic carbocycles. The molecule has 0 saturated carbocycles. The smallest absolute Gasteiger partial charge is 0.147 e.